The van der Waals surface area contributed by atoms with Crippen molar-refractivity contribution in [2.45, 2.75) is 13.0 Å². The van der Waals surface area contributed by atoms with Crippen molar-refractivity contribution in [3.8, 4) is 0 Å². The van der Waals surface area contributed by atoms with Crippen LogP contribution in [0.15, 0.2) is 30.3 Å². The zero-order chi connectivity index (χ0) is 14.3. The summed E-state index contributed by atoms with van der Waals surface area (Å²) in [5, 5.41) is 9.16. The fourth-order valence-corrected chi connectivity index (χ4v) is 1.59. The third-order valence-electron chi connectivity index (χ3n) is 2.34. The number of hydrogen-bond acceptors (Lipinski definition) is 4. The molecule has 0 fully saturated rings. The maximum Gasteiger partial charge on any atom is 0.269 e. The van der Waals surface area contributed by atoms with E-state index in [0.717, 1.165) is 0 Å². The Bertz CT molecular complexity index is 420. The van der Waals surface area contributed by atoms with Gasteiger partial charge in [-0.1, -0.05) is 18.2 Å². The molecule has 6 nitrogen and oxygen atoms in total. The van der Waals surface area contributed by atoms with Gasteiger partial charge in [-0.05, 0) is 26.1 Å². The number of nitrogens with zero attached hydrogens (tertiary/aromatic N) is 1. The van der Waals surface area contributed by atoms with Crippen LogP contribution in [0.25, 0.3) is 0 Å². The molecule has 1 atom stereocenters. The summed E-state index contributed by atoms with van der Waals surface area (Å²) in [6, 6.07) is 8.60. The lowest BCUT2D eigenvalue weighted by molar-refractivity contribution is -0.122. The SMILES string of the molecule is CC(O)CN(C)CC(=O)NNC(=O)c1ccccc1. The molecule has 1 aromatic rings. The average molecular weight is 265 g/mol. The highest BCUT2D eigenvalue weighted by atomic mass is 16.3. The molecule has 0 bridgehead atoms. The molecule has 0 aliphatic rings. The van der Waals surface area contributed by atoms with Gasteiger partial charge in [0.15, 0.2) is 0 Å². The predicted octanol–water partition coefficient (Wildman–Crippen LogP) is -0.240. The largest absolute Gasteiger partial charge is 0.392 e. The molecule has 1 unspecified atom stereocenters. The molecule has 0 aromatic heterocycles. The van der Waals surface area contributed by atoms with E-state index < -0.39 is 6.10 Å². The number of hydrazine groups is 1. The van der Waals surface area contributed by atoms with Crippen LogP contribution in [-0.2, 0) is 4.79 Å². The molecule has 0 spiro atoms. The van der Waals surface area contributed by atoms with Gasteiger partial charge in [0, 0.05) is 12.1 Å². The topological polar surface area (TPSA) is 81.7 Å². The van der Waals surface area contributed by atoms with Crippen LogP contribution in [0.3, 0.4) is 0 Å². The molecule has 6 heteroatoms. The first-order chi connectivity index (χ1) is 8.99. The summed E-state index contributed by atoms with van der Waals surface area (Å²) in [5.41, 5.74) is 5.13. The second kappa shape index (κ2) is 7.50. The van der Waals surface area contributed by atoms with Crippen molar-refractivity contribution in [3.05, 3.63) is 35.9 Å². The van der Waals surface area contributed by atoms with E-state index in [1.54, 1.807) is 49.2 Å². The molecule has 104 valence electrons. The average Bonchev–Trinajstić information content (AvgIpc) is 2.36. The first-order valence-corrected chi connectivity index (χ1v) is 6.00. The van der Waals surface area contributed by atoms with Crippen molar-refractivity contribution in [3.63, 3.8) is 0 Å². The zero-order valence-electron chi connectivity index (χ0n) is 11.1. The monoisotopic (exact) mass is 265 g/mol. The van der Waals surface area contributed by atoms with Crippen LogP contribution in [0, 0.1) is 0 Å². The van der Waals surface area contributed by atoms with Gasteiger partial charge in [-0.15, -0.1) is 0 Å². The number of nitrogens with one attached hydrogen (secondary N) is 2. The third kappa shape index (κ3) is 5.98. The van der Waals surface area contributed by atoms with E-state index in [2.05, 4.69) is 10.9 Å². The van der Waals surface area contributed by atoms with Crippen LogP contribution < -0.4 is 10.9 Å². The van der Waals surface area contributed by atoms with Crippen LogP contribution in [0.2, 0.25) is 0 Å². The summed E-state index contributed by atoms with van der Waals surface area (Å²) >= 11 is 0. The highest BCUT2D eigenvalue weighted by Gasteiger charge is 2.10. The van der Waals surface area contributed by atoms with Crippen molar-refractivity contribution in [1.29, 1.82) is 0 Å². The van der Waals surface area contributed by atoms with Gasteiger partial charge in [0.05, 0.1) is 12.6 Å². The second-order valence-corrected chi connectivity index (χ2v) is 4.41. The number of aliphatic hydroxyl groups excluding tert-OH is 1. The summed E-state index contributed by atoms with van der Waals surface area (Å²) < 4.78 is 0. The van der Waals surface area contributed by atoms with Gasteiger partial charge >= 0.3 is 0 Å². The van der Waals surface area contributed by atoms with Crippen molar-refractivity contribution in [2.24, 2.45) is 0 Å². The van der Waals surface area contributed by atoms with Crippen molar-refractivity contribution < 1.29 is 14.7 Å². The highest BCUT2D eigenvalue weighted by molar-refractivity contribution is 5.95. The minimum atomic E-state index is -0.503. The fourth-order valence-electron chi connectivity index (χ4n) is 1.59. The van der Waals surface area contributed by atoms with Gasteiger partial charge in [-0.25, -0.2) is 0 Å². The van der Waals surface area contributed by atoms with E-state index in [1.807, 2.05) is 0 Å². The van der Waals surface area contributed by atoms with Crippen LogP contribution in [-0.4, -0.2) is 48.1 Å². The quantitative estimate of drug-likeness (QED) is 0.642. The number of amides is 2. The predicted molar refractivity (Wildman–Crippen MR) is 71.2 cm³/mol. The molecule has 0 aliphatic heterocycles. The van der Waals surface area contributed by atoms with Crippen LogP contribution in [0.5, 0.6) is 0 Å². The number of rotatable bonds is 5. The van der Waals surface area contributed by atoms with E-state index in [0.29, 0.717) is 12.1 Å². The van der Waals surface area contributed by atoms with Gasteiger partial charge < -0.3 is 5.11 Å². The summed E-state index contributed by atoms with van der Waals surface area (Å²) in [5.74, 6) is -0.709. The number of aliphatic hydroxyl groups is 1. The molecular weight excluding hydrogens is 246 g/mol. The lowest BCUT2D eigenvalue weighted by Gasteiger charge is -2.17. The van der Waals surface area contributed by atoms with E-state index in [4.69, 9.17) is 5.11 Å². The summed E-state index contributed by atoms with van der Waals surface area (Å²) in [7, 11) is 1.71. The lowest BCUT2D eigenvalue weighted by Crippen LogP contribution is -2.46. The van der Waals surface area contributed by atoms with E-state index in [9.17, 15) is 9.59 Å². The normalized spacial score (nSPS) is 12.0. The zero-order valence-corrected chi connectivity index (χ0v) is 11.1. The Morgan fingerprint density at radius 2 is 1.89 bits per heavy atom. The number of benzene rings is 1. The first-order valence-electron chi connectivity index (χ1n) is 6.00. The molecule has 0 saturated carbocycles. The van der Waals surface area contributed by atoms with Gasteiger partial charge in [0.25, 0.3) is 11.8 Å². The molecule has 3 N–H and O–H groups in total. The molecule has 1 aromatic carbocycles. The van der Waals surface area contributed by atoms with Crippen molar-refractivity contribution in [2.75, 3.05) is 20.1 Å². The Labute approximate surface area is 112 Å². The van der Waals surface area contributed by atoms with Crippen LogP contribution in [0.1, 0.15) is 17.3 Å². The van der Waals surface area contributed by atoms with Gasteiger partial charge in [-0.2, -0.15) is 0 Å². The van der Waals surface area contributed by atoms with Crippen LogP contribution >= 0.6 is 0 Å². The van der Waals surface area contributed by atoms with E-state index in [-0.39, 0.29) is 18.4 Å². The highest BCUT2D eigenvalue weighted by Crippen LogP contribution is 1.96. The number of carbonyl (C=O) groups is 2. The maximum absolute atomic E-state index is 11.6. The van der Waals surface area contributed by atoms with Gasteiger partial charge in [0.2, 0.25) is 0 Å². The molecule has 0 heterocycles. The molecule has 0 radical (unpaired) electrons. The minimum Gasteiger partial charge on any atom is -0.392 e. The van der Waals surface area contributed by atoms with Crippen molar-refractivity contribution >= 4 is 11.8 Å². The Hall–Kier alpha value is -1.92. The standard InChI is InChI=1S/C13H19N3O3/c1-10(17)8-16(2)9-12(18)14-15-13(19)11-6-4-3-5-7-11/h3-7,10,17H,8-9H2,1-2H3,(H,14,18)(H,15,19). The summed E-state index contributed by atoms with van der Waals surface area (Å²) in [6.45, 7) is 2.13. The Morgan fingerprint density at radius 3 is 2.47 bits per heavy atom. The van der Waals surface area contributed by atoms with E-state index in [1.165, 1.54) is 0 Å². The maximum atomic E-state index is 11.6. The molecule has 0 aliphatic carbocycles. The van der Waals surface area contributed by atoms with Gasteiger partial charge in [-0.3, -0.25) is 25.3 Å². The van der Waals surface area contributed by atoms with Crippen molar-refractivity contribution in [1.82, 2.24) is 15.8 Å². The Morgan fingerprint density at radius 1 is 1.26 bits per heavy atom. The Balaban J connectivity index is 2.32. The minimum absolute atomic E-state index is 0.0972. The molecular formula is C13H19N3O3. The number of carbonyl (C=O) groups excluding carboxylic acids is 2. The summed E-state index contributed by atoms with van der Waals surface area (Å²) in [4.78, 5) is 24.8. The summed E-state index contributed by atoms with van der Waals surface area (Å²) in [6.07, 6.45) is -0.503. The van der Waals surface area contributed by atoms with Crippen LogP contribution in [0.4, 0.5) is 0 Å². The molecule has 0 saturated heterocycles. The third-order valence-corrected chi connectivity index (χ3v) is 2.34. The molecule has 19 heavy (non-hydrogen) atoms. The fraction of sp³-hybridized carbons (Fsp3) is 0.385. The Kier molecular flexibility index (Phi) is 5.98. The van der Waals surface area contributed by atoms with Gasteiger partial charge in [0.1, 0.15) is 0 Å². The van der Waals surface area contributed by atoms with E-state index >= 15 is 0 Å². The molecule has 2 amide bonds. The number of likely N-dealkylation sites (N-methyl/N-ethyl adjacent to an activating group) is 1. The first kappa shape index (κ1) is 15.1. The lowest BCUT2D eigenvalue weighted by atomic mass is 10.2. The smallest absolute Gasteiger partial charge is 0.269 e. The second-order valence-electron chi connectivity index (χ2n) is 4.41. The molecule has 1 rings (SSSR count). The number of hydrogen-bond donors (Lipinski definition) is 3.